The van der Waals surface area contributed by atoms with Crippen molar-refractivity contribution in [2.75, 3.05) is 7.11 Å². The molecule has 106 valence electrons. The molecule has 2 aromatic rings. The number of nitrogens with zero attached hydrogens (tertiary/aromatic N) is 3. The lowest BCUT2D eigenvalue weighted by Gasteiger charge is -2.04. The number of hydrogen-bond donors (Lipinski definition) is 0. The van der Waals surface area contributed by atoms with Crippen LogP contribution in [0.4, 0.5) is 0 Å². The second kappa shape index (κ2) is 6.37. The summed E-state index contributed by atoms with van der Waals surface area (Å²) in [5.74, 6) is -0.436. The molecule has 0 N–H and O–H groups in total. The lowest BCUT2D eigenvalue weighted by Crippen LogP contribution is -2.08. The van der Waals surface area contributed by atoms with Crippen LogP contribution in [0, 0.1) is 11.3 Å². The van der Waals surface area contributed by atoms with Crippen LogP contribution in [-0.4, -0.2) is 22.6 Å². The third-order valence-corrected chi connectivity index (χ3v) is 3.60. The van der Waals surface area contributed by atoms with Gasteiger partial charge in [0, 0.05) is 17.7 Å². The Morgan fingerprint density at radius 1 is 1.52 bits per heavy atom. The van der Waals surface area contributed by atoms with Crippen molar-refractivity contribution in [1.82, 2.24) is 9.55 Å². The molecule has 0 fully saturated rings. The first-order chi connectivity index (χ1) is 10.1. The second-order valence-electron chi connectivity index (χ2n) is 4.20. The number of hydrogen-bond acceptors (Lipinski definition) is 4. The molecule has 21 heavy (non-hydrogen) atoms. The first kappa shape index (κ1) is 15.0. The largest absolute Gasteiger partial charge is 0.464 e. The van der Waals surface area contributed by atoms with Crippen LogP contribution in [-0.2, 0) is 11.8 Å². The van der Waals surface area contributed by atoms with Crippen molar-refractivity contribution in [1.29, 1.82) is 5.26 Å². The van der Waals surface area contributed by atoms with Crippen LogP contribution in [0.3, 0.4) is 0 Å². The number of pyridine rings is 1. The quantitative estimate of drug-likeness (QED) is 0.633. The second-order valence-corrected chi connectivity index (χ2v) is 5.05. The third-order valence-electron chi connectivity index (χ3n) is 2.97. The fourth-order valence-corrected chi connectivity index (χ4v) is 2.47. The maximum Gasteiger partial charge on any atom is 0.354 e. The molecule has 0 atom stereocenters. The van der Waals surface area contributed by atoms with E-state index in [9.17, 15) is 10.1 Å². The van der Waals surface area contributed by atoms with Crippen molar-refractivity contribution in [3.8, 4) is 6.07 Å². The summed E-state index contributed by atoms with van der Waals surface area (Å²) in [6, 6.07) is 9.13. The van der Waals surface area contributed by atoms with Gasteiger partial charge in [-0.1, -0.05) is 6.07 Å². The van der Waals surface area contributed by atoms with E-state index >= 15 is 0 Å². The van der Waals surface area contributed by atoms with Crippen LogP contribution in [0.1, 0.15) is 21.9 Å². The molecule has 0 amide bonds. The van der Waals surface area contributed by atoms with Crippen LogP contribution >= 0.6 is 15.9 Å². The summed E-state index contributed by atoms with van der Waals surface area (Å²) in [6.07, 6.45) is 3.30. The van der Waals surface area contributed by atoms with Crippen LogP contribution in [0.25, 0.3) is 11.6 Å². The van der Waals surface area contributed by atoms with Gasteiger partial charge in [0.2, 0.25) is 0 Å². The smallest absolute Gasteiger partial charge is 0.354 e. The van der Waals surface area contributed by atoms with Crippen molar-refractivity contribution >= 4 is 33.5 Å². The van der Waals surface area contributed by atoms with Crippen LogP contribution in [0.5, 0.6) is 0 Å². The summed E-state index contributed by atoms with van der Waals surface area (Å²) in [4.78, 5) is 15.8. The first-order valence-corrected chi connectivity index (χ1v) is 6.84. The number of allylic oxidation sites excluding steroid dienone is 1. The highest BCUT2D eigenvalue weighted by Crippen LogP contribution is 2.26. The highest BCUT2D eigenvalue weighted by atomic mass is 79.9. The Balaban J connectivity index is 2.52. The van der Waals surface area contributed by atoms with Crippen molar-refractivity contribution < 1.29 is 9.53 Å². The number of carbonyl (C=O) groups excluding carboxylic acids is 1. The lowest BCUT2D eigenvalue weighted by molar-refractivity contribution is 0.0590. The Morgan fingerprint density at radius 2 is 2.29 bits per heavy atom. The standard InChI is InChI=1S/C15H12BrN3O2/c1-19-13(11(16)8-14(19)15(20)21-2)7-10(9-17)12-5-3-4-6-18-12/h3-8H,1-2H3. The molecule has 0 saturated carbocycles. The molecule has 2 rings (SSSR count). The van der Waals surface area contributed by atoms with Crippen molar-refractivity contribution in [2.45, 2.75) is 0 Å². The maximum absolute atomic E-state index is 11.7. The van der Waals surface area contributed by atoms with Crippen LogP contribution in [0.15, 0.2) is 34.9 Å². The minimum Gasteiger partial charge on any atom is -0.464 e. The van der Waals surface area contributed by atoms with E-state index in [-0.39, 0.29) is 0 Å². The Hall–Kier alpha value is -2.39. The zero-order valence-corrected chi connectivity index (χ0v) is 13.1. The average molecular weight is 346 g/mol. The molecule has 0 aliphatic carbocycles. The highest BCUT2D eigenvalue weighted by Gasteiger charge is 2.16. The van der Waals surface area contributed by atoms with Gasteiger partial charge in [-0.25, -0.2) is 4.79 Å². The topological polar surface area (TPSA) is 67.9 Å². The lowest BCUT2D eigenvalue weighted by atomic mass is 10.1. The number of methoxy groups -OCH3 is 1. The van der Waals surface area contributed by atoms with E-state index in [2.05, 4.69) is 27.0 Å². The van der Waals surface area contributed by atoms with E-state index in [1.165, 1.54) is 7.11 Å². The van der Waals surface area contributed by atoms with Gasteiger partial charge in [0.15, 0.2) is 0 Å². The van der Waals surface area contributed by atoms with E-state index < -0.39 is 5.97 Å². The zero-order valence-electron chi connectivity index (χ0n) is 11.5. The molecular weight excluding hydrogens is 334 g/mol. The normalized spacial score (nSPS) is 11.0. The van der Waals surface area contributed by atoms with Gasteiger partial charge in [0.05, 0.1) is 24.1 Å². The van der Waals surface area contributed by atoms with Crippen LogP contribution in [0.2, 0.25) is 0 Å². The van der Waals surface area contributed by atoms with Crippen molar-refractivity contribution in [3.63, 3.8) is 0 Å². The van der Waals surface area contributed by atoms with Crippen molar-refractivity contribution in [3.05, 3.63) is 52.0 Å². The van der Waals surface area contributed by atoms with Crippen molar-refractivity contribution in [2.24, 2.45) is 7.05 Å². The van der Waals surface area contributed by atoms with E-state index in [0.717, 1.165) is 0 Å². The Kier molecular flexibility index (Phi) is 4.55. The molecule has 0 bridgehead atoms. The predicted molar refractivity (Wildman–Crippen MR) is 82.2 cm³/mol. The van der Waals surface area contributed by atoms with Gasteiger partial charge in [-0.2, -0.15) is 5.26 Å². The fraction of sp³-hybridized carbons (Fsp3) is 0.133. The number of nitriles is 1. The Morgan fingerprint density at radius 3 is 2.86 bits per heavy atom. The number of halogens is 1. The first-order valence-electron chi connectivity index (χ1n) is 6.05. The molecular formula is C15H12BrN3O2. The number of carbonyl (C=O) groups is 1. The summed E-state index contributed by atoms with van der Waals surface area (Å²) in [5, 5.41) is 9.31. The number of ether oxygens (including phenoxy) is 1. The molecule has 0 aliphatic rings. The third kappa shape index (κ3) is 3.03. The van der Waals surface area contributed by atoms with E-state index in [0.29, 0.717) is 27.1 Å². The summed E-state index contributed by atoms with van der Waals surface area (Å²) in [7, 11) is 3.06. The summed E-state index contributed by atoms with van der Waals surface area (Å²) >= 11 is 3.39. The van der Waals surface area contributed by atoms with Crippen LogP contribution < -0.4 is 0 Å². The molecule has 0 saturated heterocycles. The number of aromatic nitrogens is 2. The van der Waals surface area contributed by atoms with Gasteiger partial charge < -0.3 is 9.30 Å². The van der Waals surface area contributed by atoms with Gasteiger partial charge >= 0.3 is 5.97 Å². The van der Waals surface area contributed by atoms with Gasteiger partial charge in [0.25, 0.3) is 0 Å². The van der Waals surface area contributed by atoms with E-state index in [4.69, 9.17) is 4.74 Å². The van der Waals surface area contributed by atoms with Gasteiger partial charge in [-0.15, -0.1) is 0 Å². The summed E-state index contributed by atoms with van der Waals surface area (Å²) in [6.45, 7) is 0. The number of rotatable bonds is 3. The zero-order chi connectivity index (χ0) is 15.4. The van der Waals surface area contributed by atoms with Gasteiger partial charge in [-0.3, -0.25) is 4.98 Å². The molecule has 2 heterocycles. The summed E-state index contributed by atoms with van der Waals surface area (Å²) in [5.41, 5.74) is 2.08. The highest BCUT2D eigenvalue weighted by molar-refractivity contribution is 9.10. The molecule has 6 heteroatoms. The SMILES string of the molecule is COC(=O)c1cc(Br)c(C=C(C#N)c2ccccn2)n1C. The average Bonchev–Trinajstić information content (AvgIpc) is 2.80. The maximum atomic E-state index is 11.7. The minimum absolute atomic E-state index is 0.397. The Bertz CT molecular complexity index is 742. The molecule has 5 nitrogen and oxygen atoms in total. The fourth-order valence-electron chi connectivity index (χ4n) is 1.87. The van der Waals surface area contributed by atoms with E-state index in [1.807, 2.05) is 6.07 Å². The molecule has 0 aliphatic heterocycles. The molecule has 0 spiro atoms. The molecule has 0 radical (unpaired) electrons. The predicted octanol–water partition coefficient (Wildman–Crippen LogP) is 3.03. The minimum atomic E-state index is -0.436. The summed E-state index contributed by atoms with van der Waals surface area (Å²) < 4.78 is 7.09. The molecule has 0 unspecified atom stereocenters. The Labute approximate surface area is 130 Å². The van der Waals surface area contributed by atoms with E-state index in [1.54, 1.807) is 42.1 Å². The molecule has 0 aromatic carbocycles. The molecule has 2 aromatic heterocycles. The number of esters is 1. The monoisotopic (exact) mass is 345 g/mol. The van der Waals surface area contributed by atoms with Gasteiger partial charge in [0.1, 0.15) is 11.8 Å². The van der Waals surface area contributed by atoms with Gasteiger partial charge in [-0.05, 0) is 40.2 Å².